The fourth-order valence-corrected chi connectivity index (χ4v) is 8.84. The number of carbonyl (C=O) groups excluding carboxylic acids is 2. The Labute approximate surface area is 322 Å². The zero-order valence-electron chi connectivity index (χ0n) is 33.8. The van der Waals surface area contributed by atoms with Crippen LogP contribution in [0.2, 0.25) is 5.02 Å². The monoisotopic (exact) mass is 738 g/mol. The first-order chi connectivity index (χ1) is 24.7. The summed E-state index contributed by atoms with van der Waals surface area (Å²) in [6, 6.07) is 7.20. The Bertz CT molecular complexity index is 1380. The second-order valence-corrected chi connectivity index (χ2v) is 15.9. The van der Waals surface area contributed by atoms with Gasteiger partial charge in [0.05, 0.1) is 17.6 Å². The average molecular weight is 739 g/mol. The maximum absolute atomic E-state index is 12.3. The van der Waals surface area contributed by atoms with Crippen LogP contribution in [0.3, 0.4) is 0 Å². The first-order valence-electron chi connectivity index (χ1n) is 20.1. The van der Waals surface area contributed by atoms with Gasteiger partial charge >= 0.3 is 0 Å². The van der Waals surface area contributed by atoms with Crippen LogP contribution in [0.25, 0.3) is 0 Å². The molecule has 0 bridgehead atoms. The van der Waals surface area contributed by atoms with Gasteiger partial charge in [-0.2, -0.15) is 0 Å². The van der Waals surface area contributed by atoms with E-state index in [1.54, 1.807) is 13.8 Å². The molecular weight excluding hydrogens is 666 g/mol. The van der Waals surface area contributed by atoms with Gasteiger partial charge in [-0.25, -0.2) is 0 Å². The van der Waals surface area contributed by atoms with E-state index in [9.17, 15) is 9.59 Å². The highest BCUT2D eigenvalue weighted by atomic mass is 35.5. The van der Waals surface area contributed by atoms with Crippen LogP contribution >= 0.6 is 11.6 Å². The molecule has 0 radical (unpaired) electrons. The Morgan fingerprint density at radius 2 is 1.60 bits per heavy atom. The van der Waals surface area contributed by atoms with E-state index >= 15 is 0 Å². The number of rotatable bonds is 10. The van der Waals surface area contributed by atoms with Gasteiger partial charge in [0, 0.05) is 53.6 Å². The molecule has 0 aromatic heterocycles. The number of halogens is 1. The highest BCUT2D eigenvalue weighted by molar-refractivity contribution is 6.31. The molecule has 1 aromatic carbocycles. The largest absolute Gasteiger partial charge is 0.372 e. The van der Waals surface area contributed by atoms with E-state index in [0.717, 1.165) is 60.8 Å². The molecule has 7 nitrogen and oxygen atoms in total. The third kappa shape index (κ3) is 10.9. The molecule has 3 saturated heterocycles. The maximum Gasteiger partial charge on any atom is 0.152 e. The molecule has 1 aromatic rings. The number of carbonyl (C=O) groups is 2. The maximum atomic E-state index is 12.3. The fraction of sp³-hybridized carbons (Fsp3) is 0.659. The number of nitrogens with two attached hydrogens (primary N) is 2. The van der Waals surface area contributed by atoms with E-state index in [2.05, 4.69) is 50.3 Å². The number of Topliss-reactive ketones (excluding diaryl/α,β-unsaturated/α-hetero) is 2. The minimum atomic E-state index is -0.153. The van der Waals surface area contributed by atoms with E-state index in [1.165, 1.54) is 57.8 Å². The van der Waals surface area contributed by atoms with Crippen LogP contribution in [0.4, 0.5) is 0 Å². The number of likely N-dealkylation sites (tertiary alicyclic amines) is 1. The molecule has 5 fully saturated rings. The van der Waals surface area contributed by atoms with Crippen molar-refractivity contribution in [3.63, 3.8) is 0 Å². The second-order valence-electron chi connectivity index (χ2n) is 15.5. The molecule has 292 valence electrons. The summed E-state index contributed by atoms with van der Waals surface area (Å²) in [5, 5.41) is 9.21. The Morgan fingerprint density at radius 1 is 1.00 bits per heavy atom. The lowest BCUT2D eigenvalue weighted by atomic mass is 9.83. The van der Waals surface area contributed by atoms with Crippen molar-refractivity contribution < 1.29 is 9.59 Å². The van der Waals surface area contributed by atoms with Gasteiger partial charge in [0.25, 0.3) is 0 Å². The van der Waals surface area contributed by atoms with Crippen molar-refractivity contribution in [3.8, 4) is 0 Å². The number of unbranched alkanes of at least 4 members (excludes halogenated alkanes) is 1. The van der Waals surface area contributed by atoms with E-state index in [-0.39, 0.29) is 34.7 Å². The number of hydrogen-bond donors (Lipinski definition) is 3. The minimum Gasteiger partial charge on any atom is -0.372 e. The van der Waals surface area contributed by atoms with Crippen molar-refractivity contribution >= 4 is 28.9 Å². The summed E-state index contributed by atoms with van der Waals surface area (Å²) in [6.45, 7) is 28.7. The van der Waals surface area contributed by atoms with Gasteiger partial charge in [-0.3, -0.25) is 4.79 Å². The lowest BCUT2D eigenvalue weighted by Gasteiger charge is -2.31. The fourth-order valence-electron chi connectivity index (χ4n) is 8.65. The molecule has 5 N–H and O–H groups in total. The van der Waals surface area contributed by atoms with Crippen molar-refractivity contribution in [1.29, 1.82) is 5.41 Å². The van der Waals surface area contributed by atoms with E-state index in [0.29, 0.717) is 29.5 Å². The van der Waals surface area contributed by atoms with Gasteiger partial charge < -0.3 is 31.5 Å². The van der Waals surface area contributed by atoms with Crippen LogP contribution in [-0.4, -0.2) is 64.3 Å². The minimum absolute atomic E-state index is 0.0342. The molecule has 52 heavy (non-hydrogen) atoms. The molecule has 5 atom stereocenters. The number of nitrogens with one attached hydrogen (secondary N) is 1. The predicted octanol–water partition coefficient (Wildman–Crippen LogP) is 9.87. The molecule has 5 unspecified atom stereocenters. The number of benzene rings is 1. The first kappa shape index (κ1) is 45.4. The number of nitrogens with zero attached hydrogens (tertiary/aromatic N) is 2. The Kier molecular flexibility index (Phi) is 18.5. The third-order valence-corrected chi connectivity index (χ3v) is 12.1. The van der Waals surface area contributed by atoms with Crippen molar-refractivity contribution in [2.75, 3.05) is 19.6 Å². The molecule has 1 spiro atoms. The van der Waals surface area contributed by atoms with Crippen molar-refractivity contribution in [1.82, 2.24) is 9.80 Å². The molecule has 0 amide bonds. The zero-order chi connectivity index (χ0) is 39.2. The second kappa shape index (κ2) is 21.2. The molecule has 3 heterocycles. The SMILES string of the molecule is C=C(CN)C(=C)N1CCCC1.C=C1C(N)C2(C)CC23C(CC(=N)c2cccc(Cl)c2)CC(C(C)=O)N13.CC.CC(=O)CC1CCCCC1.CCCC. The van der Waals surface area contributed by atoms with Gasteiger partial charge in [0.1, 0.15) is 5.78 Å². The van der Waals surface area contributed by atoms with Gasteiger partial charge in [-0.1, -0.05) is 123 Å². The molecule has 8 heteroatoms. The summed E-state index contributed by atoms with van der Waals surface area (Å²) in [7, 11) is 0. The highest BCUT2D eigenvalue weighted by Gasteiger charge is 2.81. The Morgan fingerprint density at radius 3 is 2.10 bits per heavy atom. The molecular formula is C44H72ClN5O2. The van der Waals surface area contributed by atoms with Gasteiger partial charge in [0.15, 0.2) is 5.78 Å². The van der Waals surface area contributed by atoms with Crippen LogP contribution in [0.5, 0.6) is 0 Å². The van der Waals surface area contributed by atoms with Gasteiger partial charge in [0.2, 0.25) is 0 Å². The first-order valence-corrected chi connectivity index (χ1v) is 20.4. The predicted molar refractivity (Wildman–Crippen MR) is 222 cm³/mol. The van der Waals surface area contributed by atoms with Gasteiger partial charge in [-0.05, 0) is 81.1 Å². The quantitative estimate of drug-likeness (QED) is 0.163. The van der Waals surface area contributed by atoms with E-state index in [1.807, 2.05) is 38.1 Å². The highest BCUT2D eigenvalue weighted by Crippen LogP contribution is 2.75. The summed E-state index contributed by atoms with van der Waals surface area (Å²) in [6.07, 6.45) is 15.1. The van der Waals surface area contributed by atoms with Crippen molar-refractivity contribution in [2.45, 2.75) is 150 Å². The molecule has 2 saturated carbocycles. The summed E-state index contributed by atoms with van der Waals surface area (Å²) >= 11 is 6.08. The van der Waals surface area contributed by atoms with Crippen LogP contribution < -0.4 is 11.5 Å². The smallest absolute Gasteiger partial charge is 0.152 e. The number of hydrogen-bond acceptors (Lipinski definition) is 7. The van der Waals surface area contributed by atoms with Crippen LogP contribution in [0, 0.1) is 22.7 Å². The lowest BCUT2D eigenvalue weighted by Crippen LogP contribution is -2.40. The topological polar surface area (TPSA) is 117 Å². The molecule has 5 aliphatic rings. The lowest BCUT2D eigenvalue weighted by molar-refractivity contribution is -0.121. The number of ketones is 2. The standard InChI is InChI=1S/C20H24ClN3O.C9H16N2.C9H16O.C4H10.C2H6/c1-11-18(23)19(3)10-20(19)14(9-17(12(2)25)24(11)20)8-16(22)13-5-4-6-15(21)7-13;1-8(7-10)9(2)11-5-3-4-6-11;1-8(10)7-9-5-3-2-4-6-9;1-3-4-2;1-2/h4-7,14,17-18,22H,1,8-10,23H2,2-3H3;1-7,10H2;9H,2-7H2,1H3;3-4H2,1-2H3;1-2H3. The summed E-state index contributed by atoms with van der Waals surface area (Å²) in [5.74, 6) is 1.50. The van der Waals surface area contributed by atoms with Crippen molar-refractivity contribution in [2.24, 2.45) is 28.7 Å². The third-order valence-electron chi connectivity index (χ3n) is 11.8. The molecule has 6 rings (SSSR count). The summed E-state index contributed by atoms with van der Waals surface area (Å²) in [5.41, 5.74) is 16.1. The Hall–Kier alpha value is -2.74. The average Bonchev–Trinajstić information content (AvgIpc) is 3.44. The van der Waals surface area contributed by atoms with Gasteiger partial charge in [-0.15, -0.1) is 0 Å². The molecule has 3 aliphatic heterocycles. The zero-order valence-corrected chi connectivity index (χ0v) is 34.6. The Balaban J connectivity index is 0.000000287. The van der Waals surface area contributed by atoms with E-state index in [4.69, 9.17) is 28.5 Å². The summed E-state index contributed by atoms with van der Waals surface area (Å²) in [4.78, 5) is 27.4. The normalized spacial score (nSPS) is 26.8. The van der Waals surface area contributed by atoms with E-state index < -0.39 is 0 Å². The van der Waals surface area contributed by atoms with Crippen LogP contribution in [-0.2, 0) is 9.59 Å². The van der Waals surface area contributed by atoms with Crippen LogP contribution in [0.1, 0.15) is 138 Å². The number of piperidine rings is 1. The van der Waals surface area contributed by atoms with Crippen molar-refractivity contribution in [3.05, 3.63) is 71.6 Å². The summed E-state index contributed by atoms with van der Waals surface area (Å²) < 4.78 is 0. The van der Waals surface area contributed by atoms with Crippen LogP contribution in [0.15, 0.2) is 61.0 Å². The molecule has 2 aliphatic carbocycles.